The van der Waals surface area contributed by atoms with E-state index in [2.05, 4.69) is 6.92 Å². The Balaban J connectivity index is 2.41. The lowest BCUT2D eigenvalue weighted by molar-refractivity contribution is -0.115. The Morgan fingerprint density at radius 3 is 2.68 bits per heavy atom. The molecular formula is C21H30N2O5. The topological polar surface area (TPSA) is 102 Å². The van der Waals surface area contributed by atoms with Crippen molar-refractivity contribution in [3.63, 3.8) is 0 Å². The van der Waals surface area contributed by atoms with E-state index in [1.165, 1.54) is 0 Å². The highest BCUT2D eigenvalue weighted by atomic mass is 16.5. The predicted octanol–water partition coefficient (Wildman–Crippen LogP) is 2.42. The Hall–Kier alpha value is -2.38. The lowest BCUT2D eigenvalue weighted by Gasteiger charge is -2.27. The van der Waals surface area contributed by atoms with Crippen LogP contribution in [0.2, 0.25) is 0 Å². The van der Waals surface area contributed by atoms with Crippen molar-refractivity contribution in [1.82, 2.24) is 0 Å². The van der Waals surface area contributed by atoms with Crippen molar-refractivity contribution >= 4 is 17.5 Å². The van der Waals surface area contributed by atoms with Crippen LogP contribution in [0.3, 0.4) is 0 Å². The monoisotopic (exact) mass is 390 g/mol. The van der Waals surface area contributed by atoms with E-state index in [1.807, 2.05) is 6.92 Å². The Kier molecular flexibility index (Phi) is 8.02. The number of rotatable bonds is 11. The van der Waals surface area contributed by atoms with Crippen molar-refractivity contribution in [1.29, 1.82) is 0 Å². The molecule has 1 aliphatic heterocycles. The average molecular weight is 390 g/mol. The first-order valence-electron chi connectivity index (χ1n) is 9.65. The van der Waals surface area contributed by atoms with Crippen LogP contribution in [0.4, 0.5) is 5.69 Å². The van der Waals surface area contributed by atoms with Crippen molar-refractivity contribution in [2.24, 2.45) is 5.73 Å². The highest BCUT2D eigenvalue weighted by Crippen LogP contribution is 2.37. The van der Waals surface area contributed by atoms with Crippen LogP contribution in [0.15, 0.2) is 29.3 Å². The molecule has 2 amide bonds. The summed E-state index contributed by atoms with van der Waals surface area (Å²) in [5.74, 6) is -0.371. The molecule has 2 rings (SSSR count). The summed E-state index contributed by atoms with van der Waals surface area (Å²) in [5, 5.41) is 9.36. The smallest absolute Gasteiger partial charge is 0.254 e. The molecule has 154 valence electrons. The Morgan fingerprint density at radius 2 is 2.07 bits per heavy atom. The van der Waals surface area contributed by atoms with E-state index in [1.54, 1.807) is 30.2 Å². The number of hydrogen-bond acceptors (Lipinski definition) is 5. The number of nitrogens with two attached hydrogens (primary N) is 1. The molecule has 0 saturated heterocycles. The van der Waals surface area contributed by atoms with E-state index in [0.717, 1.165) is 24.8 Å². The Bertz CT molecular complexity index is 744. The SMILES string of the molecule is CCCCC1C(C)=C(CCO)C(=O)N1c1ccc(C(N)=O)c(OCCOC)c1. The molecule has 7 nitrogen and oxygen atoms in total. The maximum Gasteiger partial charge on any atom is 0.254 e. The number of aliphatic hydroxyl groups excluding tert-OH is 1. The van der Waals surface area contributed by atoms with Gasteiger partial charge in [0.2, 0.25) is 0 Å². The third-order valence-corrected chi connectivity index (χ3v) is 5.01. The third kappa shape index (κ3) is 4.72. The summed E-state index contributed by atoms with van der Waals surface area (Å²) in [6.07, 6.45) is 3.17. The third-order valence-electron chi connectivity index (χ3n) is 5.01. The minimum Gasteiger partial charge on any atom is -0.490 e. The van der Waals surface area contributed by atoms with E-state index in [-0.39, 0.29) is 30.7 Å². The molecule has 3 N–H and O–H groups in total. The second kappa shape index (κ2) is 10.2. The largest absolute Gasteiger partial charge is 0.490 e. The number of unbranched alkanes of at least 4 members (excludes halogenated alkanes) is 1. The fraction of sp³-hybridized carbons (Fsp3) is 0.524. The molecule has 0 radical (unpaired) electrons. The molecule has 1 atom stereocenters. The van der Waals surface area contributed by atoms with E-state index >= 15 is 0 Å². The number of anilines is 1. The number of primary amides is 1. The molecular weight excluding hydrogens is 360 g/mol. The number of benzene rings is 1. The summed E-state index contributed by atoms with van der Waals surface area (Å²) in [6, 6.07) is 4.92. The Labute approximate surface area is 166 Å². The summed E-state index contributed by atoms with van der Waals surface area (Å²) in [7, 11) is 1.56. The lowest BCUT2D eigenvalue weighted by atomic mass is 10.00. The van der Waals surface area contributed by atoms with Gasteiger partial charge in [-0.2, -0.15) is 0 Å². The molecule has 0 aliphatic carbocycles. The maximum absolute atomic E-state index is 13.1. The zero-order valence-corrected chi connectivity index (χ0v) is 16.9. The lowest BCUT2D eigenvalue weighted by Crippen LogP contribution is -2.35. The van der Waals surface area contributed by atoms with Gasteiger partial charge in [0.05, 0.1) is 18.2 Å². The van der Waals surface area contributed by atoms with Crippen LogP contribution in [-0.4, -0.2) is 49.9 Å². The number of nitrogens with zero attached hydrogens (tertiary/aromatic N) is 1. The number of aliphatic hydroxyl groups is 1. The number of methoxy groups -OCH3 is 1. The number of ether oxygens (including phenoxy) is 2. The van der Waals surface area contributed by atoms with Gasteiger partial charge in [0, 0.05) is 37.5 Å². The summed E-state index contributed by atoms with van der Waals surface area (Å²) in [6.45, 7) is 4.62. The van der Waals surface area contributed by atoms with Gasteiger partial charge < -0.3 is 25.2 Å². The van der Waals surface area contributed by atoms with Crippen LogP contribution in [0.25, 0.3) is 0 Å². The summed E-state index contributed by atoms with van der Waals surface area (Å²) >= 11 is 0. The second-order valence-corrected chi connectivity index (χ2v) is 6.85. The molecule has 0 spiro atoms. The van der Waals surface area contributed by atoms with Crippen LogP contribution in [0, 0.1) is 0 Å². The van der Waals surface area contributed by atoms with E-state index < -0.39 is 5.91 Å². The van der Waals surface area contributed by atoms with Gasteiger partial charge in [-0.15, -0.1) is 0 Å². The van der Waals surface area contributed by atoms with Crippen molar-refractivity contribution in [2.75, 3.05) is 31.8 Å². The van der Waals surface area contributed by atoms with Crippen molar-refractivity contribution < 1.29 is 24.2 Å². The normalized spacial score (nSPS) is 16.8. The van der Waals surface area contributed by atoms with Gasteiger partial charge in [-0.1, -0.05) is 19.8 Å². The van der Waals surface area contributed by atoms with E-state index in [9.17, 15) is 14.7 Å². The van der Waals surface area contributed by atoms with Gasteiger partial charge in [0.15, 0.2) is 0 Å². The van der Waals surface area contributed by atoms with Crippen molar-refractivity contribution in [3.05, 3.63) is 34.9 Å². The minimum absolute atomic E-state index is 0.0692. The van der Waals surface area contributed by atoms with Gasteiger partial charge in [-0.25, -0.2) is 0 Å². The zero-order chi connectivity index (χ0) is 20.7. The fourth-order valence-corrected chi connectivity index (χ4v) is 3.53. The summed E-state index contributed by atoms with van der Waals surface area (Å²) < 4.78 is 10.7. The average Bonchev–Trinajstić information content (AvgIpc) is 2.90. The van der Waals surface area contributed by atoms with Crippen LogP contribution in [0.1, 0.15) is 49.9 Å². The van der Waals surface area contributed by atoms with Gasteiger partial charge in [-0.3, -0.25) is 9.59 Å². The van der Waals surface area contributed by atoms with E-state index in [0.29, 0.717) is 30.0 Å². The fourth-order valence-electron chi connectivity index (χ4n) is 3.53. The first-order chi connectivity index (χ1) is 13.5. The second-order valence-electron chi connectivity index (χ2n) is 6.85. The molecule has 0 aromatic heterocycles. The first kappa shape index (κ1) is 21.9. The quantitative estimate of drug-likeness (QED) is 0.565. The van der Waals surface area contributed by atoms with Crippen LogP contribution in [0.5, 0.6) is 5.75 Å². The van der Waals surface area contributed by atoms with Crippen molar-refractivity contribution in [2.45, 2.75) is 45.6 Å². The zero-order valence-electron chi connectivity index (χ0n) is 16.9. The van der Waals surface area contributed by atoms with Crippen LogP contribution < -0.4 is 15.4 Å². The number of carbonyl (C=O) groups is 2. The number of carbonyl (C=O) groups excluding carboxylic acids is 2. The number of amides is 2. The predicted molar refractivity (Wildman–Crippen MR) is 108 cm³/mol. The number of hydrogen-bond donors (Lipinski definition) is 2. The van der Waals surface area contributed by atoms with E-state index in [4.69, 9.17) is 15.2 Å². The highest BCUT2D eigenvalue weighted by molar-refractivity contribution is 6.10. The van der Waals surface area contributed by atoms with Gasteiger partial charge in [0.1, 0.15) is 12.4 Å². The first-order valence-corrected chi connectivity index (χ1v) is 9.65. The van der Waals surface area contributed by atoms with Gasteiger partial charge in [-0.05, 0) is 31.1 Å². The molecule has 1 unspecified atom stereocenters. The highest BCUT2D eigenvalue weighted by Gasteiger charge is 2.37. The molecule has 0 bridgehead atoms. The van der Waals surface area contributed by atoms with Crippen LogP contribution in [-0.2, 0) is 9.53 Å². The van der Waals surface area contributed by atoms with Gasteiger partial charge in [0.25, 0.3) is 11.8 Å². The molecule has 1 aromatic carbocycles. The summed E-state index contributed by atoms with van der Waals surface area (Å²) in [4.78, 5) is 26.6. The van der Waals surface area contributed by atoms with Crippen LogP contribution >= 0.6 is 0 Å². The molecule has 7 heteroatoms. The molecule has 28 heavy (non-hydrogen) atoms. The molecule has 0 fully saturated rings. The molecule has 1 aliphatic rings. The standard InChI is InChI=1S/C21H30N2O5/c1-4-5-6-18-14(2)16(9-10-24)21(26)23(18)15-7-8-17(20(22)25)19(13-15)28-12-11-27-3/h7-8,13,18,24H,4-6,9-12H2,1-3H3,(H2,22,25). The van der Waals surface area contributed by atoms with Gasteiger partial charge >= 0.3 is 0 Å². The molecule has 0 saturated carbocycles. The van der Waals surface area contributed by atoms with Crippen molar-refractivity contribution in [3.8, 4) is 5.75 Å². The minimum atomic E-state index is -0.593. The summed E-state index contributed by atoms with van der Waals surface area (Å²) in [5.41, 5.74) is 8.02. The molecule has 1 aromatic rings. The Morgan fingerprint density at radius 1 is 1.32 bits per heavy atom. The maximum atomic E-state index is 13.1. The molecule has 1 heterocycles.